The van der Waals surface area contributed by atoms with Gasteiger partial charge in [-0.25, -0.2) is 0 Å². The van der Waals surface area contributed by atoms with E-state index in [-0.39, 0.29) is 0 Å². The van der Waals surface area contributed by atoms with E-state index in [1.165, 1.54) is 5.56 Å². The average Bonchev–Trinajstić information content (AvgIpc) is 2.62. The van der Waals surface area contributed by atoms with Crippen LogP contribution in [0, 0.1) is 0 Å². The van der Waals surface area contributed by atoms with Crippen LogP contribution in [0.4, 0.5) is 0 Å². The predicted octanol–water partition coefficient (Wildman–Crippen LogP) is 3.91. The average molecular weight is 304 g/mol. The molecule has 1 heterocycles. The smallest absolute Gasteiger partial charge is 0.129 e. The Labute approximate surface area is 128 Å². The molecule has 0 spiro atoms. The fraction of sp³-hybridized carbons (Fsp3) is 0.188. The van der Waals surface area contributed by atoms with E-state index in [0.29, 0.717) is 6.61 Å². The number of para-hydroxylation sites is 1. The lowest BCUT2D eigenvalue weighted by atomic mass is 10.1. The molecule has 1 aliphatic rings. The minimum atomic E-state index is 0.644. The summed E-state index contributed by atoms with van der Waals surface area (Å²) in [7, 11) is 0. The zero-order valence-electron chi connectivity index (χ0n) is 10.9. The molecule has 0 amide bonds. The van der Waals surface area contributed by atoms with Gasteiger partial charge in [0.15, 0.2) is 0 Å². The van der Waals surface area contributed by atoms with E-state index < -0.39 is 0 Å². The van der Waals surface area contributed by atoms with E-state index in [2.05, 4.69) is 4.90 Å². The molecule has 0 radical (unpaired) electrons. The summed E-state index contributed by atoms with van der Waals surface area (Å²) in [5.74, 6) is 0.871. The molecule has 0 unspecified atom stereocenters. The van der Waals surface area contributed by atoms with Crippen LogP contribution in [0.25, 0.3) is 0 Å². The number of hydrogen-bond donors (Lipinski definition) is 0. The quantitative estimate of drug-likeness (QED) is 0.781. The first-order chi connectivity index (χ1) is 9.74. The van der Waals surface area contributed by atoms with Crippen molar-refractivity contribution in [1.82, 2.24) is 4.90 Å². The van der Waals surface area contributed by atoms with Gasteiger partial charge in [0.25, 0.3) is 0 Å². The predicted molar refractivity (Wildman–Crippen MR) is 85.5 cm³/mol. The first kappa shape index (κ1) is 13.4. The van der Waals surface area contributed by atoms with Crippen molar-refractivity contribution >= 4 is 28.8 Å². The maximum atomic E-state index is 5.92. The molecule has 0 fully saturated rings. The molecular weight excluding hydrogens is 290 g/mol. The third-order valence-electron chi connectivity index (χ3n) is 3.31. The van der Waals surface area contributed by atoms with Crippen molar-refractivity contribution in [3.8, 4) is 5.75 Å². The molecule has 1 aliphatic heterocycles. The van der Waals surface area contributed by atoms with Gasteiger partial charge in [0, 0.05) is 11.6 Å². The minimum Gasteiger partial charge on any atom is -0.491 e. The van der Waals surface area contributed by atoms with E-state index >= 15 is 0 Å². The van der Waals surface area contributed by atoms with Crippen LogP contribution in [0.3, 0.4) is 0 Å². The number of rotatable bonds is 2. The first-order valence-corrected chi connectivity index (χ1v) is 7.28. The van der Waals surface area contributed by atoms with Gasteiger partial charge in [0.1, 0.15) is 17.3 Å². The van der Waals surface area contributed by atoms with Crippen molar-refractivity contribution in [3.63, 3.8) is 0 Å². The molecule has 2 aromatic carbocycles. The molecule has 2 nitrogen and oxygen atoms in total. The van der Waals surface area contributed by atoms with Gasteiger partial charge >= 0.3 is 0 Å². The van der Waals surface area contributed by atoms with Crippen LogP contribution in [-0.2, 0) is 6.54 Å². The second-order valence-electron chi connectivity index (χ2n) is 4.70. The van der Waals surface area contributed by atoms with E-state index in [4.69, 9.17) is 28.6 Å². The zero-order chi connectivity index (χ0) is 13.9. The highest BCUT2D eigenvalue weighted by Gasteiger charge is 2.19. The maximum absolute atomic E-state index is 5.92. The second-order valence-corrected chi connectivity index (χ2v) is 5.52. The topological polar surface area (TPSA) is 12.5 Å². The van der Waals surface area contributed by atoms with Crippen molar-refractivity contribution < 1.29 is 4.74 Å². The lowest BCUT2D eigenvalue weighted by molar-refractivity contribution is 0.278. The standard InChI is InChI=1S/C16H14ClNOS/c17-13-7-5-12(6-8-13)11-18-9-10-19-15-4-2-1-3-14(15)16(18)20/h1-8H,9-11H2. The van der Waals surface area contributed by atoms with E-state index in [0.717, 1.165) is 34.4 Å². The lowest BCUT2D eigenvalue weighted by Crippen LogP contribution is -2.31. The number of ether oxygens (including phenoxy) is 1. The Morgan fingerprint density at radius 1 is 1.10 bits per heavy atom. The van der Waals surface area contributed by atoms with Gasteiger partial charge in [-0.05, 0) is 29.8 Å². The van der Waals surface area contributed by atoms with Crippen molar-refractivity contribution in [1.29, 1.82) is 0 Å². The zero-order valence-corrected chi connectivity index (χ0v) is 12.5. The summed E-state index contributed by atoms with van der Waals surface area (Å²) in [6.07, 6.45) is 0. The highest BCUT2D eigenvalue weighted by Crippen LogP contribution is 2.24. The molecule has 2 aromatic rings. The molecule has 0 bridgehead atoms. The van der Waals surface area contributed by atoms with Gasteiger partial charge in [-0.3, -0.25) is 0 Å². The normalized spacial score (nSPS) is 14.4. The number of fused-ring (bicyclic) bond motifs is 1. The number of benzene rings is 2. The van der Waals surface area contributed by atoms with E-state index in [1.807, 2.05) is 48.5 Å². The molecule has 0 saturated carbocycles. The highest BCUT2D eigenvalue weighted by molar-refractivity contribution is 7.80. The molecule has 102 valence electrons. The molecule has 20 heavy (non-hydrogen) atoms. The monoisotopic (exact) mass is 303 g/mol. The van der Waals surface area contributed by atoms with Crippen LogP contribution in [0.5, 0.6) is 5.75 Å². The largest absolute Gasteiger partial charge is 0.491 e. The Morgan fingerprint density at radius 3 is 2.65 bits per heavy atom. The van der Waals surface area contributed by atoms with Crippen molar-refractivity contribution in [3.05, 3.63) is 64.7 Å². The summed E-state index contributed by atoms with van der Waals surface area (Å²) in [5, 5.41) is 0.751. The van der Waals surface area contributed by atoms with Crippen molar-refractivity contribution in [2.24, 2.45) is 0 Å². The molecule has 0 saturated heterocycles. The Hall–Kier alpha value is -1.58. The molecular formula is C16H14ClNOS. The fourth-order valence-corrected chi connectivity index (χ4v) is 2.72. The van der Waals surface area contributed by atoms with Crippen LogP contribution < -0.4 is 4.74 Å². The summed E-state index contributed by atoms with van der Waals surface area (Å²) in [4.78, 5) is 3.01. The van der Waals surface area contributed by atoms with Crippen molar-refractivity contribution in [2.45, 2.75) is 6.54 Å². The van der Waals surface area contributed by atoms with Gasteiger partial charge in [-0.1, -0.05) is 48.1 Å². The van der Waals surface area contributed by atoms with E-state index in [9.17, 15) is 0 Å². The Kier molecular flexibility index (Phi) is 3.90. The molecule has 0 atom stereocenters. The van der Waals surface area contributed by atoms with Crippen LogP contribution in [-0.4, -0.2) is 23.0 Å². The van der Waals surface area contributed by atoms with Crippen molar-refractivity contribution in [2.75, 3.05) is 13.2 Å². The van der Waals surface area contributed by atoms with Crippen LogP contribution in [0.15, 0.2) is 48.5 Å². The minimum absolute atomic E-state index is 0.644. The molecule has 0 aliphatic carbocycles. The maximum Gasteiger partial charge on any atom is 0.129 e. The molecule has 4 heteroatoms. The Morgan fingerprint density at radius 2 is 1.85 bits per heavy atom. The Bertz CT molecular complexity index is 627. The van der Waals surface area contributed by atoms with Crippen LogP contribution in [0.1, 0.15) is 11.1 Å². The van der Waals surface area contributed by atoms with E-state index in [1.54, 1.807) is 0 Å². The molecule has 0 N–H and O–H groups in total. The molecule has 0 aromatic heterocycles. The van der Waals surface area contributed by atoms with Gasteiger partial charge in [0.2, 0.25) is 0 Å². The summed E-state index contributed by atoms with van der Waals surface area (Å²) in [5.41, 5.74) is 2.19. The number of hydrogen-bond acceptors (Lipinski definition) is 2. The highest BCUT2D eigenvalue weighted by atomic mass is 35.5. The first-order valence-electron chi connectivity index (χ1n) is 6.49. The van der Waals surface area contributed by atoms with Crippen LogP contribution in [0.2, 0.25) is 5.02 Å². The summed E-state index contributed by atoms with van der Waals surface area (Å²) < 4.78 is 5.76. The number of thiocarbonyl (C=S) groups is 1. The van der Waals surface area contributed by atoms with Crippen LogP contribution >= 0.6 is 23.8 Å². The SMILES string of the molecule is S=C1c2ccccc2OCCN1Cc1ccc(Cl)cc1. The van der Waals surface area contributed by atoms with Gasteiger partial charge < -0.3 is 9.64 Å². The Balaban J connectivity index is 1.84. The fourth-order valence-electron chi connectivity index (χ4n) is 2.27. The third-order valence-corrected chi connectivity index (χ3v) is 4.04. The lowest BCUT2D eigenvalue weighted by Gasteiger charge is -2.22. The number of nitrogens with zero attached hydrogens (tertiary/aromatic N) is 1. The van der Waals surface area contributed by atoms with Gasteiger partial charge in [-0.2, -0.15) is 0 Å². The number of halogens is 1. The second kappa shape index (κ2) is 5.81. The van der Waals surface area contributed by atoms with Gasteiger partial charge in [-0.15, -0.1) is 0 Å². The molecule has 3 rings (SSSR count). The third kappa shape index (κ3) is 2.79. The summed E-state index contributed by atoms with van der Waals surface area (Å²) in [6.45, 7) is 2.20. The summed E-state index contributed by atoms with van der Waals surface area (Å²) in [6, 6.07) is 15.8. The summed E-state index contributed by atoms with van der Waals surface area (Å²) >= 11 is 11.5. The van der Waals surface area contributed by atoms with Gasteiger partial charge in [0.05, 0.1) is 12.1 Å².